The molecule has 112 valence electrons. The number of carbonyl (C=O) groups is 1. The van der Waals surface area contributed by atoms with Crippen LogP contribution in [0.25, 0.3) is 0 Å². The first-order valence-corrected chi connectivity index (χ1v) is 6.49. The summed E-state index contributed by atoms with van der Waals surface area (Å²) in [7, 11) is 0. The summed E-state index contributed by atoms with van der Waals surface area (Å²) in [6.45, 7) is 6.58. The number of nitrogens with one attached hydrogen (secondary N) is 1. The van der Waals surface area contributed by atoms with Gasteiger partial charge in [0.05, 0.1) is 12.6 Å². The van der Waals surface area contributed by atoms with E-state index >= 15 is 0 Å². The van der Waals surface area contributed by atoms with E-state index in [1.807, 2.05) is 20.8 Å². The number of anilines is 1. The Balaban J connectivity index is 2.83. The Morgan fingerprint density at radius 2 is 1.90 bits per heavy atom. The molecular formula is C14H20F2N2O2. The summed E-state index contributed by atoms with van der Waals surface area (Å²) < 4.78 is 31.9. The second kappa shape index (κ2) is 7.19. The van der Waals surface area contributed by atoms with Crippen molar-refractivity contribution >= 4 is 11.6 Å². The van der Waals surface area contributed by atoms with E-state index in [2.05, 4.69) is 5.32 Å². The molecule has 1 atom stereocenters. The minimum atomic E-state index is -0.943. The van der Waals surface area contributed by atoms with Crippen molar-refractivity contribution in [3.63, 3.8) is 0 Å². The van der Waals surface area contributed by atoms with Gasteiger partial charge in [-0.1, -0.05) is 13.8 Å². The van der Waals surface area contributed by atoms with Gasteiger partial charge in [-0.15, -0.1) is 0 Å². The van der Waals surface area contributed by atoms with Crippen LogP contribution < -0.4 is 11.1 Å². The third-order valence-corrected chi connectivity index (χ3v) is 2.96. The van der Waals surface area contributed by atoms with Crippen molar-refractivity contribution < 1.29 is 18.3 Å². The molecule has 0 radical (unpaired) electrons. The van der Waals surface area contributed by atoms with E-state index in [4.69, 9.17) is 10.5 Å². The van der Waals surface area contributed by atoms with Crippen LogP contribution in [0.5, 0.6) is 0 Å². The largest absolute Gasteiger partial charge is 0.394 e. The molecule has 0 spiro atoms. The van der Waals surface area contributed by atoms with Crippen molar-refractivity contribution in [2.24, 2.45) is 5.92 Å². The summed E-state index contributed by atoms with van der Waals surface area (Å²) in [4.78, 5) is 12.0. The Morgan fingerprint density at radius 3 is 2.35 bits per heavy atom. The van der Waals surface area contributed by atoms with Crippen LogP contribution in [0.4, 0.5) is 14.5 Å². The number of hydrogen-bond acceptors (Lipinski definition) is 3. The molecule has 6 heteroatoms. The minimum absolute atomic E-state index is 0.101. The second-order valence-corrected chi connectivity index (χ2v) is 4.84. The molecule has 1 aromatic carbocycles. The van der Waals surface area contributed by atoms with E-state index in [1.165, 1.54) is 0 Å². The molecule has 4 nitrogen and oxygen atoms in total. The van der Waals surface area contributed by atoms with Gasteiger partial charge < -0.3 is 15.8 Å². The number of nitrogen functional groups attached to an aromatic ring is 1. The maximum absolute atomic E-state index is 13.3. The zero-order chi connectivity index (χ0) is 15.3. The summed E-state index contributed by atoms with van der Waals surface area (Å²) in [6.07, 6.45) is 0. The van der Waals surface area contributed by atoms with Crippen LogP contribution in [0.2, 0.25) is 0 Å². The van der Waals surface area contributed by atoms with Gasteiger partial charge >= 0.3 is 0 Å². The van der Waals surface area contributed by atoms with Crippen LogP contribution in [-0.2, 0) is 4.74 Å². The lowest BCUT2D eigenvalue weighted by Gasteiger charge is -2.22. The number of rotatable bonds is 6. The van der Waals surface area contributed by atoms with Crippen molar-refractivity contribution in [2.75, 3.05) is 18.9 Å². The predicted molar refractivity (Wildman–Crippen MR) is 73.4 cm³/mol. The van der Waals surface area contributed by atoms with Crippen LogP contribution >= 0.6 is 0 Å². The Hall–Kier alpha value is -1.69. The summed E-state index contributed by atoms with van der Waals surface area (Å²) >= 11 is 0. The van der Waals surface area contributed by atoms with Gasteiger partial charge in [0, 0.05) is 12.2 Å². The van der Waals surface area contributed by atoms with Crippen LogP contribution in [0, 0.1) is 17.6 Å². The van der Waals surface area contributed by atoms with Crippen LogP contribution in [0.1, 0.15) is 31.1 Å². The third-order valence-electron chi connectivity index (χ3n) is 2.96. The molecule has 1 aromatic rings. The number of halogens is 2. The number of amides is 1. The maximum Gasteiger partial charge on any atom is 0.251 e. The molecule has 0 aliphatic rings. The number of hydrogen-bond donors (Lipinski definition) is 2. The van der Waals surface area contributed by atoms with Gasteiger partial charge in [-0.3, -0.25) is 4.79 Å². The monoisotopic (exact) mass is 286 g/mol. The quantitative estimate of drug-likeness (QED) is 0.789. The van der Waals surface area contributed by atoms with E-state index in [0.29, 0.717) is 13.2 Å². The van der Waals surface area contributed by atoms with Gasteiger partial charge in [-0.05, 0) is 25.0 Å². The molecule has 20 heavy (non-hydrogen) atoms. The number of carbonyl (C=O) groups excluding carboxylic acids is 1. The lowest BCUT2D eigenvalue weighted by Crippen LogP contribution is -2.42. The van der Waals surface area contributed by atoms with Crippen LogP contribution in [-0.4, -0.2) is 25.2 Å². The summed E-state index contributed by atoms with van der Waals surface area (Å²) in [5, 5.41) is 2.70. The minimum Gasteiger partial charge on any atom is -0.394 e. The SMILES string of the molecule is CCOCC(NC(=O)c1cc(F)c(N)c(F)c1)C(C)C. The van der Waals surface area contributed by atoms with Gasteiger partial charge in [0.15, 0.2) is 0 Å². The predicted octanol–water partition coefficient (Wildman–Crippen LogP) is 2.34. The van der Waals surface area contributed by atoms with E-state index in [1.54, 1.807) is 0 Å². The van der Waals surface area contributed by atoms with Crippen molar-refractivity contribution in [2.45, 2.75) is 26.8 Å². The van der Waals surface area contributed by atoms with Gasteiger partial charge in [0.25, 0.3) is 5.91 Å². The molecule has 0 aliphatic carbocycles. The van der Waals surface area contributed by atoms with E-state index in [0.717, 1.165) is 12.1 Å². The van der Waals surface area contributed by atoms with E-state index in [9.17, 15) is 13.6 Å². The summed E-state index contributed by atoms with van der Waals surface area (Å²) in [5.74, 6) is -2.31. The third kappa shape index (κ3) is 4.16. The topological polar surface area (TPSA) is 64.3 Å². The van der Waals surface area contributed by atoms with Gasteiger partial charge in [-0.2, -0.15) is 0 Å². The van der Waals surface area contributed by atoms with Crippen molar-refractivity contribution in [1.82, 2.24) is 5.32 Å². The highest BCUT2D eigenvalue weighted by atomic mass is 19.1. The molecule has 1 amide bonds. The van der Waals surface area contributed by atoms with Gasteiger partial charge in [0.1, 0.15) is 17.3 Å². The lowest BCUT2D eigenvalue weighted by molar-refractivity contribution is 0.0805. The first-order chi connectivity index (χ1) is 9.36. The highest BCUT2D eigenvalue weighted by Crippen LogP contribution is 2.17. The summed E-state index contributed by atoms with van der Waals surface area (Å²) in [6, 6.07) is 1.61. The molecule has 0 fully saturated rings. The van der Waals surface area contributed by atoms with Crippen LogP contribution in [0.3, 0.4) is 0 Å². The molecule has 0 bridgehead atoms. The fourth-order valence-electron chi connectivity index (χ4n) is 1.61. The molecule has 0 aromatic heterocycles. The molecule has 1 unspecified atom stereocenters. The molecule has 0 heterocycles. The Morgan fingerprint density at radius 1 is 1.35 bits per heavy atom. The fraction of sp³-hybridized carbons (Fsp3) is 0.500. The standard InChI is InChI=1S/C14H20F2N2O2/c1-4-20-7-12(8(2)3)18-14(19)9-5-10(15)13(17)11(16)6-9/h5-6,8,12H,4,7,17H2,1-3H3,(H,18,19). The molecule has 1 rings (SSSR count). The number of ether oxygens (including phenoxy) is 1. The summed E-state index contributed by atoms with van der Waals surface area (Å²) in [5.41, 5.74) is 4.48. The first kappa shape index (κ1) is 16.4. The zero-order valence-corrected chi connectivity index (χ0v) is 11.9. The van der Waals surface area contributed by atoms with Crippen molar-refractivity contribution in [1.29, 1.82) is 0 Å². The zero-order valence-electron chi connectivity index (χ0n) is 11.9. The average Bonchev–Trinajstić information content (AvgIpc) is 2.39. The molecule has 0 saturated carbocycles. The maximum atomic E-state index is 13.3. The molecular weight excluding hydrogens is 266 g/mol. The lowest BCUT2D eigenvalue weighted by atomic mass is 10.0. The molecule has 0 aliphatic heterocycles. The smallest absolute Gasteiger partial charge is 0.251 e. The van der Waals surface area contributed by atoms with Gasteiger partial charge in [0.2, 0.25) is 0 Å². The first-order valence-electron chi connectivity index (χ1n) is 6.49. The molecule has 3 N–H and O–H groups in total. The van der Waals surface area contributed by atoms with E-state index in [-0.39, 0.29) is 17.5 Å². The molecule has 0 saturated heterocycles. The Kier molecular flexibility index (Phi) is 5.88. The Bertz CT molecular complexity index is 455. The van der Waals surface area contributed by atoms with Crippen molar-refractivity contribution in [3.05, 3.63) is 29.3 Å². The second-order valence-electron chi connectivity index (χ2n) is 4.84. The highest BCUT2D eigenvalue weighted by Gasteiger charge is 2.19. The van der Waals surface area contributed by atoms with E-state index < -0.39 is 23.2 Å². The normalized spacial score (nSPS) is 12.5. The Labute approximate surface area is 117 Å². The average molecular weight is 286 g/mol. The van der Waals surface area contributed by atoms with Crippen LogP contribution in [0.15, 0.2) is 12.1 Å². The highest BCUT2D eigenvalue weighted by molar-refractivity contribution is 5.94. The van der Waals surface area contributed by atoms with Gasteiger partial charge in [-0.25, -0.2) is 8.78 Å². The number of nitrogens with two attached hydrogens (primary N) is 1. The van der Waals surface area contributed by atoms with Crippen molar-refractivity contribution in [3.8, 4) is 0 Å². The number of benzene rings is 1. The fourth-order valence-corrected chi connectivity index (χ4v) is 1.61.